The molecule has 0 amide bonds. The van der Waals surface area contributed by atoms with Gasteiger partial charge < -0.3 is 0 Å². The lowest BCUT2D eigenvalue weighted by Gasteiger charge is -2.12. The molecule has 0 spiro atoms. The Kier molecular flexibility index (Phi) is 2.55. The smallest absolute Gasteiger partial charge is 0.211 e. The molecule has 1 aliphatic carbocycles. The third kappa shape index (κ3) is 1.67. The normalized spacial score (nSPS) is 17.0. The van der Waals surface area contributed by atoms with Gasteiger partial charge in [-0.3, -0.25) is 0 Å². The Morgan fingerprint density at radius 1 is 1.33 bits per heavy atom. The number of isocyanates is 1. The molecule has 2 nitrogen and oxygen atoms in total. The van der Waals surface area contributed by atoms with Gasteiger partial charge in [-0.15, -0.1) is 0 Å². The fourth-order valence-electron chi connectivity index (χ4n) is 1.58. The average Bonchev–Trinajstić information content (AvgIpc) is 2.94. The van der Waals surface area contributed by atoms with Gasteiger partial charge in [0, 0.05) is 10.6 Å². The van der Waals surface area contributed by atoms with E-state index in [4.69, 9.17) is 23.2 Å². The monoisotopic (exact) mass is 245 g/mol. The zero-order valence-electron chi connectivity index (χ0n) is 7.56. The Balaban J connectivity index is 2.62. The molecule has 0 N–H and O–H groups in total. The van der Waals surface area contributed by atoms with Crippen LogP contribution >= 0.6 is 23.2 Å². The van der Waals surface area contributed by atoms with Gasteiger partial charge >= 0.3 is 0 Å². The highest BCUT2D eigenvalue weighted by molar-refractivity contribution is 6.33. The quantitative estimate of drug-likeness (QED) is 0.446. The molecular weight excluding hydrogens is 240 g/mol. The summed E-state index contributed by atoms with van der Waals surface area (Å²) in [7, 11) is 0. The maximum atomic E-state index is 13.7. The molecule has 0 aromatic heterocycles. The predicted molar refractivity (Wildman–Crippen MR) is 55.5 cm³/mol. The Hall–Kier alpha value is -0.890. The van der Waals surface area contributed by atoms with Crippen molar-refractivity contribution in [2.24, 2.45) is 4.99 Å². The van der Waals surface area contributed by atoms with E-state index >= 15 is 0 Å². The number of aliphatic imine (C=N–C) groups is 1. The summed E-state index contributed by atoms with van der Waals surface area (Å²) in [5.74, 6) is -0.597. The first-order valence-corrected chi connectivity index (χ1v) is 5.09. The van der Waals surface area contributed by atoms with Crippen LogP contribution in [0.3, 0.4) is 0 Å². The van der Waals surface area contributed by atoms with E-state index in [9.17, 15) is 9.18 Å². The molecule has 1 aromatic rings. The van der Waals surface area contributed by atoms with E-state index in [0.29, 0.717) is 12.8 Å². The topological polar surface area (TPSA) is 29.4 Å². The van der Waals surface area contributed by atoms with Crippen LogP contribution < -0.4 is 0 Å². The van der Waals surface area contributed by atoms with Crippen molar-refractivity contribution in [1.82, 2.24) is 0 Å². The molecule has 1 aliphatic rings. The fraction of sp³-hybridized carbons (Fsp3) is 0.300. The van der Waals surface area contributed by atoms with Gasteiger partial charge in [0.1, 0.15) is 11.4 Å². The van der Waals surface area contributed by atoms with Crippen molar-refractivity contribution < 1.29 is 9.18 Å². The number of halogens is 3. The van der Waals surface area contributed by atoms with Crippen molar-refractivity contribution in [3.05, 3.63) is 33.6 Å². The second-order valence-corrected chi connectivity index (χ2v) is 4.27. The summed E-state index contributed by atoms with van der Waals surface area (Å²) in [5.41, 5.74) is -0.617. The lowest BCUT2D eigenvalue weighted by atomic mass is 10.0. The molecule has 0 atom stereocenters. The minimum atomic E-state index is -0.826. The van der Waals surface area contributed by atoms with Crippen molar-refractivity contribution in [2.75, 3.05) is 0 Å². The molecule has 15 heavy (non-hydrogen) atoms. The summed E-state index contributed by atoms with van der Waals surface area (Å²) in [6, 6.07) is 2.88. The molecule has 0 saturated heterocycles. The number of hydrogen-bond donors (Lipinski definition) is 0. The summed E-state index contributed by atoms with van der Waals surface area (Å²) in [6.07, 6.45) is 2.64. The van der Waals surface area contributed by atoms with Crippen LogP contribution in [0.1, 0.15) is 18.4 Å². The van der Waals surface area contributed by atoms with Crippen molar-refractivity contribution >= 4 is 29.3 Å². The molecule has 0 heterocycles. The average molecular weight is 246 g/mol. The highest BCUT2D eigenvalue weighted by Crippen LogP contribution is 2.53. The van der Waals surface area contributed by atoms with E-state index in [-0.39, 0.29) is 15.6 Å². The van der Waals surface area contributed by atoms with E-state index in [1.165, 1.54) is 18.2 Å². The van der Waals surface area contributed by atoms with Crippen LogP contribution in [0, 0.1) is 5.82 Å². The summed E-state index contributed by atoms with van der Waals surface area (Å²) in [5, 5.41) is 0.232. The van der Waals surface area contributed by atoms with Gasteiger partial charge in [-0.05, 0) is 25.0 Å². The van der Waals surface area contributed by atoms with E-state index in [1.54, 1.807) is 0 Å². The molecule has 1 aromatic carbocycles. The third-order valence-corrected chi connectivity index (χ3v) is 3.10. The van der Waals surface area contributed by atoms with Crippen molar-refractivity contribution in [1.29, 1.82) is 0 Å². The van der Waals surface area contributed by atoms with Crippen LogP contribution in [0.2, 0.25) is 10.0 Å². The molecule has 78 valence electrons. The second-order valence-electron chi connectivity index (χ2n) is 3.45. The van der Waals surface area contributed by atoms with E-state index in [0.717, 1.165) is 0 Å². The van der Waals surface area contributed by atoms with Crippen LogP contribution in [-0.4, -0.2) is 6.08 Å². The summed E-state index contributed by atoms with van der Waals surface area (Å²) < 4.78 is 13.7. The van der Waals surface area contributed by atoms with E-state index in [1.807, 2.05) is 0 Å². The number of nitrogens with zero attached hydrogens (tertiary/aromatic N) is 1. The lowest BCUT2D eigenvalue weighted by Crippen LogP contribution is -2.07. The van der Waals surface area contributed by atoms with Crippen molar-refractivity contribution in [3.8, 4) is 0 Å². The summed E-state index contributed by atoms with van der Waals surface area (Å²) >= 11 is 11.5. The highest BCUT2D eigenvalue weighted by atomic mass is 35.5. The molecule has 0 bridgehead atoms. The van der Waals surface area contributed by atoms with Gasteiger partial charge in [-0.1, -0.05) is 23.2 Å². The van der Waals surface area contributed by atoms with Gasteiger partial charge in [0.15, 0.2) is 0 Å². The lowest BCUT2D eigenvalue weighted by molar-refractivity contribution is 0.548. The van der Waals surface area contributed by atoms with Gasteiger partial charge in [0.2, 0.25) is 6.08 Å². The zero-order chi connectivity index (χ0) is 11.1. The minimum Gasteiger partial charge on any atom is -0.211 e. The number of hydrogen-bond acceptors (Lipinski definition) is 2. The van der Waals surface area contributed by atoms with Gasteiger partial charge in [0.25, 0.3) is 0 Å². The van der Waals surface area contributed by atoms with E-state index < -0.39 is 11.4 Å². The number of benzene rings is 1. The molecule has 2 rings (SSSR count). The first-order valence-electron chi connectivity index (χ1n) is 4.34. The summed E-state index contributed by atoms with van der Waals surface area (Å²) in [6.45, 7) is 0. The van der Waals surface area contributed by atoms with Crippen molar-refractivity contribution in [2.45, 2.75) is 18.4 Å². The Labute approximate surface area is 95.7 Å². The minimum absolute atomic E-state index is 0.0122. The molecule has 0 aliphatic heterocycles. The molecule has 5 heteroatoms. The SMILES string of the molecule is O=C=NC1(c2c(Cl)ccc(Cl)c2F)CC1. The number of rotatable bonds is 2. The van der Waals surface area contributed by atoms with Gasteiger partial charge in [-0.2, -0.15) is 4.99 Å². The second kappa shape index (κ2) is 3.60. The van der Waals surface area contributed by atoms with Gasteiger partial charge in [-0.25, -0.2) is 9.18 Å². The third-order valence-electron chi connectivity index (χ3n) is 2.49. The van der Waals surface area contributed by atoms with Crippen LogP contribution in [0.15, 0.2) is 17.1 Å². The Morgan fingerprint density at radius 3 is 2.47 bits per heavy atom. The van der Waals surface area contributed by atoms with Crippen LogP contribution in [0.4, 0.5) is 4.39 Å². The highest BCUT2D eigenvalue weighted by Gasteiger charge is 2.48. The largest absolute Gasteiger partial charge is 0.235 e. The first-order chi connectivity index (χ1) is 7.10. The maximum absolute atomic E-state index is 13.7. The number of carbonyl (C=O) groups excluding carboxylic acids is 1. The Bertz CT molecular complexity index is 465. The first kappa shape index (κ1) is 10.6. The molecule has 0 unspecified atom stereocenters. The van der Waals surface area contributed by atoms with Crippen LogP contribution in [-0.2, 0) is 10.3 Å². The zero-order valence-corrected chi connectivity index (χ0v) is 9.07. The molecular formula is C10H6Cl2FNO. The van der Waals surface area contributed by atoms with Gasteiger partial charge in [0.05, 0.1) is 5.02 Å². The standard InChI is InChI=1S/C10H6Cl2FNO/c11-6-1-2-7(12)9(13)8(6)10(3-4-10)14-5-15/h1-2H,3-4H2. The van der Waals surface area contributed by atoms with Crippen LogP contribution in [0.5, 0.6) is 0 Å². The molecule has 0 radical (unpaired) electrons. The van der Waals surface area contributed by atoms with Crippen LogP contribution in [0.25, 0.3) is 0 Å². The van der Waals surface area contributed by atoms with Crippen molar-refractivity contribution in [3.63, 3.8) is 0 Å². The maximum Gasteiger partial charge on any atom is 0.235 e. The Morgan fingerprint density at radius 2 is 1.93 bits per heavy atom. The fourth-order valence-corrected chi connectivity index (χ4v) is 2.06. The van der Waals surface area contributed by atoms with E-state index in [2.05, 4.69) is 4.99 Å². The predicted octanol–water partition coefficient (Wildman–Crippen LogP) is 3.46. The molecule has 1 saturated carbocycles. The molecule has 1 fully saturated rings. The summed E-state index contributed by atoms with van der Waals surface area (Å²) in [4.78, 5) is 13.9.